The van der Waals surface area contributed by atoms with Gasteiger partial charge in [-0.15, -0.1) is 0 Å². The lowest BCUT2D eigenvalue weighted by Crippen LogP contribution is -2.52. The normalized spacial score (nSPS) is 34.6. The highest BCUT2D eigenvalue weighted by molar-refractivity contribution is 5.75. The Morgan fingerprint density at radius 1 is 1.29 bits per heavy atom. The Hall–Kier alpha value is -0.810. The molecule has 2 amide bonds. The molecule has 5 nitrogen and oxygen atoms in total. The summed E-state index contributed by atoms with van der Waals surface area (Å²) in [7, 11) is 1.74. The third kappa shape index (κ3) is 3.04. The Morgan fingerprint density at radius 2 is 2.00 bits per heavy atom. The predicted octanol–water partition coefficient (Wildman–Crippen LogP) is 1.39. The molecule has 120 valence electrons. The summed E-state index contributed by atoms with van der Waals surface area (Å²) < 4.78 is 5.14. The van der Waals surface area contributed by atoms with Crippen molar-refractivity contribution in [2.45, 2.75) is 32.7 Å². The van der Waals surface area contributed by atoms with Gasteiger partial charge in [-0.2, -0.15) is 0 Å². The number of nitrogens with zero attached hydrogens (tertiary/aromatic N) is 2. The number of hydrogen-bond donors (Lipinski definition) is 1. The number of ether oxygens (including phenoxy) is 1. The number of fused-ring (bicyclic) bond motifs is 1. The highest BCUT2D eigenvalue weighted by Gasteiger charge is 2.62. The van der Waals surface area contributed by atoms with Crippen molar-refractivity contribution in [2.24, 2.45) is 17.3 Å². The van der Waals surface area contributed by atoms with Crippen LogP contribution in [0.1, 0.15) is 26.7 Å². The van der Waals surface area contributed by atoms with Gasteiger partial charge in [0.2, 0.25) is 0 Å². The molecule has 0 aromatic heterocycles. The lowest BCUT2D eigenvalue weighted by atomic mass is 10.1. The van der Waals surface area contributed by atoms with E-state index in [-0.39, 0.29) is 6.03 Å². The monoisotopic (exact) mass is 295 g/mol. The molecular formula is C16H29N3O2. The van der Waals surface area contributed by atoms with Gasteiger partial charge in [0, 0.05) is 39.3 Å². The molecule has 0 aromatic carbocycles. The van der Waals surface area contributed by atoms with Crippen LogP contribution >= 0.6 is 0 Å². The summed E-state index contributed by atoms with van der Waals surface area (Å²) in [4.78, 5) is 16.8. The van der Waals surface area contributed by atoms with E-state index >= 15 is 0 Å². The number of hydrogen-bond acceptors (Lipinski definition) is 3. The van der Waals surface area contributed by atoms with Crippen LogP contribution in [0.4, 0.5) is 4.79 Å². The van der Waals surface area contributed by atoms with Crippen LogP contribution in [0.5, 0.6) is 0 Å². The smallest absolute Gasteiger partial charge is 0.317 e. The quantitative estimate of drug-likeness (QED) is 0.852. The van der Waals surface area contributed by atoms with Crippen molar-refractivity contribution >= 4 is 6.03 Å². The van der Waals surface area contributed by atoms with E-state index in [4.69, 9.17) is 4.74 Å². The highest BCUT2D eigenvalue weighted by atomic mass is 16.5. The fraction of sp³-hybridized carbons (Fsp3) is 0.938. The summed E-state index contributed by atoms with van der Waals surface area (Å²) >= 11 is 0. The second-order valence-corrected chi connectivity index (χ2v) is 7.52. The molecule has 2 aliphatic heterocycles. The molecule has 0 radical (unpaired) electrons. The van der Waals surface area contributed by atoms with Gasteiger partial charge < -0.3 is 15.0 Å². The summed E-state index contributed by atoms with van der Waals surface area (Å²) in [6, 6.07) is 0.449. The van der Waals surface area contributed by atoms with Crippen LogP contribution in [-0.2, 0) is 4.74 Å². The van der Waals surface area contributed by atoms with Gasteiger partial charge in [-0.05, 0) is 36.6 Å². The van der Waals surface area contributed by atoms with Crippen molar-refractivity contribution < 1.29 is 9.53 Å². The van der Waals surface area contributed by atoms with E-state index in [0.29, 0.717) is 11.5 Å². The van der Waals surface area contributed by atoms with Crippen LogP contribution < -0.4 is 5.32 Å². The maximum Gasteiger partial charge on any atom is 0.317 e. The van der Waals surface area contributed by atoms with Crippen molar-refractivity contribution in [2.75, 3.05) is 46.4 Å². The lowest BCUT2D eigenvalue weighted by Gasteiger charge is -2.34. The number of amides is 2. The molecule has 0 aromatic rings. The number of urea groups is 1. The zero-order valence-electron chi connectivity index (χ0n) is 13.6. The van der Waals surface area contributed by atoms with E-state index < -0.39 is 0 Å². The summed E-state index contributed by atoms with van der Waals surface area (Å²) in [6.07, 6.45) is 2.26. The first-order valence-electron chi connectivity index (χ1n) is 8.29. The minimum absolute atomic E-state index is 0.150. The SMILES string of the molecule is COCCN1CCCC(NC(=O)N2CC3C(C2)C3(C)C)C1. The third-order valence-corrected chi connectivity index (χ3v) is 5.85. The molecule has 2 saturated heterocycles. The Kier molecular flexibility index (Phi) is 4.14. The van der Waals surface area contributed by atoms with Crippen LogP contribution in [0.2, 0.25) is 0 Å². The molecule has 3 atom stereocenters. The Balaban J connectivity index is 1.43. The van der Waals surface area contributed by atoms with Gasteiger partial charge in [-0.3, -0.25) is 4.90 Å². The number of methoxy groups -OCH3 is 1. The second-order valence-electron chi connectivity index (χ2n) is 7.52. The number of nitrogens with one attached hydrogen (secondary N) is 1. The molecule has 0 spiro atoms. The molecule has 1 N–H and O–H groups in total. The Morgan fingerprint density at radius 3 is 2.67 bits per heavy atom. The number of carbonyl (C=O) groups excluding carboxylic acids is 1. The molecule has 21 heavy (non-hydrogen) atoms. The Bertz CT molecular complexity index is 385. The predicted molar refractivity (Wildman–Crippen MR) is 82.2 cm³/mol. The Labute approximate surface area is 128 Å². The maximum absolute atomic E-state index is 12.4. The van der Waals surface area contributed by atoms with Gasteiger partial charge in [-0.25, -0.2) is 4.79 Å². The fourth-order valence-electron chi connectivity index (χ4n) is 4.16. The number of piperidine rings is 2. The zero-order chi connectivity index (χ0) is 15.0. The first kappa shape index (κ1) is 15.1. The van der Waals surface area contributed by atoms with Gasteiger partial charge in [0.25, 0.3) is 0 Å². The molecule has 2 heterocycles. The topological polar surface area (TPSA) is 44.8 Å². The van der Waals surface area contributed by atoms with Crippen molar-refractivity contribution in [3.05, 3.63) is 0 Å². The van der Waals surface area contributed by atoms with Crippen molar-refractivity contribution in [1.29, 1.82) is 0 Å². The largest absolute Gasteiger partial charge is 0.383 e. The van der Waals surface area contributed by atoms with Gasteiger partial charge in [0.1, 0.15) is 0 Å². The molecule has 1 saturated carbocycles. The minimum atomic E-state index is 0.150. The van der Waals surface area contributed by atoms with Crippen LogP contribution in [-0.4, -0.2) is 68.3 Å². The van der Waals surface area contributed by atoms with E-state index in [0.717, 1.165) is 64.0 Å². The van der Waals surface area contributed by atoms with Crippen LogP contribution in [0.15, 0.2) is 0 Å². The van der Waals surface area contributed by atoms with Crippen LogP contribution in [0.25, 0.3) is 0 Å². The minimum Gasteiger partial charge on any atom is -0.383 e. The first-order valence-corrected chi connectivity index (χ1v) is 8.29. The molecule has 5 heteroatoms. The average Bonchev–Trinajstić information content (AvgIpc) is 2.82. The van der Waals surface area contributed by atoms with Gasteiger partial charge in [0.05, 0.1) is 6.61 Å². The average molecular weight is 295 g/mol. The summed E-state index contributed by atoms with van der Waals surface area (Å²) in [6.45, 7) is 10.4. The van der Waals surface area contributed by atoms with Crippen LogP contribution in [0.3, 0.4) is 0 Å². The van der Waals surface area contributed by atoms with Crippen LogP contribution in [0, 0.1) is 17.3 Å². The number of likely N-dealkylation sites (tertiary alicyclic amines) is 2. The fourth-order valence-corrected chi connectivity index (χ4v) is 4.16. The molecule has 0 bridgehead atoms. The molecular weight excluding hydrogens is 266 g/mol. The molecule has 3 unspecified atom stereocenters. The van der Waals surface area contributed by atoms with Crippen molar-refractivity contribution in [3.8, 4) is 0 Å². The molecule has 3 aliphatic rings. The zero-order valence-corrected chi connectivity index (χ0v) is 13.6. The third-order valence-electron chi connectivity index (χ3n) is 5.85. The van der Waals surface area contributed by atoms with Gasteiger partial charge in [-0.1, -0.05) is 13.8 Å². The van der Waals surface area contributed by atoms with E-state index in [1.807, 2.05) is 4.90 Å². The lowest BCUT2D eigenvalue weighted by molar-refractivity contribution is 0.121. The number of rotatable bonds is 4. The first-order chi connectivity index (χ1) is 10.0. The van der Waals surface area contributed by atoms with E-state index in [9.17, 15) is 4.79 Å². The highest BCUT2D eigenvalue weighted by Crippen LogP contribution is 2.61. The molecule has 3 fully saturated rings. The molecule has 3 rings (SSSR count). The van der Waals surface area contributed by atoms with Crippen molar-refractivity contribution in [1.82, 2.24) is 15.1 Å². The second kappa shape index (κ2) is 5.76. The molecule has 1 aliphatic carbocycles. The number of carbonyl (C=O) groups is 1. The van der Waals surface area contributed by atoms with E-state index in [2.05, 4.69) is 24.1 Å². The van der Waals surface area contributed by atoms with E-state index in [1.54, 1.807) is 7.11 Å². The standard InChI is InChI=1S/C16H29N3O2/c1-16(2)13-10-19(11-14(13)16)15(20)17-12-5-4-6-18(9-12)7-8-21-3/h12-14H,4-11H2,1-3H3,(H,17,20). The van der Waals surface area contributed by atoms with Crippen molar-refractivity contribution in [3.63, 3.8) is 0 Å². The van der Waals surface area contributed by atoms with E-state index in [1.165, 1.54) is 0 Å². The summed E-state index contributed by atoms with van der Waals surface area (Å²) in [5.41, 5.74) is 0.471. The van der Waals surface area contributed by atoms with Gasteiger partial charge >= 0.3 is 6.03 Å². The van der Waals surface area contributed by atoms with Gasteiger partial charge in [0.15, 0.2) is 0 Å². The summed E-state index contributed by atoms with van der Waals surface area (Å²) in [5.74, 6) is 1.46. The summed E-state index contributed by atoms with van der Waals surface area (Å²) in [5, 5.41) is 3.24. The maximum atomic E-state index is 12.4.